The van der Waals surface area contributed by atoms with Crippen molar-refractivity contribution in [3.05, 3.63) is 46.8 Å². The van der Waals surface area contributed by atoms with Gasteiger partial charge in [0, 0.05) is 22.2 Å². The van der Waals surface area contributed by atoms with Gasteiger partial charge in [0.1, 0.15) is 5.82 Å². The maximum atomic E-state index is 4.33. The lowest BCUT2D eigenvalue weighted by atomic mass is 10.4. The van der Waals surface area contributed by atoms with E-state index in [1.165, 1.54) is 4.90 Å². The number of hydrogen-bond donors (Lipinski definition) is 1. The van der Waals surface area contributed by atoms with Gasteiger partial charge in [-0.05, 0) is 28.1 Å². The number of anilines is 1. The van der Waals surface area contributed by atoms with Crippen LogP contribution in [0.25, 0.3) is 0 Å². The quantitative estimate of drug-likeness (QED) is 0.876. The van der Waals surface area contributed by atoms with Gasteiger partial charge in [-0.2, -0.15) is 0 Å². The minimum Gasteiger partial charge on any atom is -0.372 e. The Morgan fingerprint density at radius 2 is 2.06 bits per heavy atom. The van der Waals surface area contributed by atoms with Gasteiger partial charge in [0.15, 0.2) is 0 Å². The average molecular weight is 310 g/mol. The summed E-state index contributed by atoms with van der Waals surface area (Å²) in [6.07, 6.45) is 3.55. The molecule has 0 bridgehead atoms. The fraction of sp³-hybridized carbons (Fsp3) is 0.167. The van der Waals surface area contributed by atoms with Crippen LogP contribution in [0.1, 0.15) is 5.69 Å². The van der Waals surface area contributed by atoms with Gasteiger partial charge < -0.3 is 5.32 Å². The summed E-state index contributed by atoms with van der Waals surface area (Å²) in [5.41, 5.74) is 0.977. The van der Waals surface area contributed by atoms with Gasteiger partial charge >= 0.3 is 0 Å². The summed E-state index contributed by atoms with van der Waals surface area (Å²) < 4.78 is 1.12. The van der Waals surface area contributed by atoms with Crippen LogP contribution >= 0.6 is 27.7 Å². The molecule has 0 atom stereocenters. The summed E-state index contributed by atoms with van der Waals surface area (Å²) in [7, 11) is 1.83. The van der Waals surface area contributed by atoms with Crippen molar-refractivity contribution in [2.45, 2.75) is 10.6 Å². The smallest absolute Gasteiger partial charge is 0.144 e. The first-order valence-electron chi connectivity index (χ1n) is 5.15. The lowest BCUT2D eigenvalue weighted by molar-refractivity contribution is 1.10. The van der Waals surface area contributed by atoms with Crippen LogP contribution in [-0.2, 0) is 5.75 Å². The summed E-state index contributed by atoms with van der Waals surface area (Å²) in [6.45, 7) is 0. The Hall–Kier alpha value is -1.07. The molecule has 1 heterocycles. The van der Waals surface area contributed by atoms with Crippen LogP contribution in [0.5, 0.6) is 0 Å². The molecule has 2 rings (SSSR count). The van der Waals surface area contributed by atoms with E-state index >= 15 is 0 Å². The molecule has 0 aliphatic rings. The van der Waals surface area contributed by atoms with Crippen molar-refractivity contribution in [1.82, 2.24) is 9.97 Å². The minimum atomic E-state index is 0.791. The molecule has 0 fully saturated rings. The normalized spacial score (nSPS) is 10.2. The number of rotatable bonds is 4. The van der Waals surface area contributed by atoms with E-state index in [0.29, 0.717) is 0 Å². The number of aromatic nitrogens is 2. The molecule has 3 nitrogen and oxygen atoms in total. The monoisotopic (exact) mass is 309 g/mol. The number of nitrogens with zero attached hydrogens (tertiary/aromatic N) is 2. The average Bonchev–Trinajstić information content (AvgIpc) is 2.38. The largest absolute Gasteiger partial charge is 0.372 e. The van der Waals surface area contributed by atoms with Gasteiger partial charge in [-0.25, -0.2) is 4.98 Å². The van der Waals surface area contributed by atoms with Crippen molar-refractivity contribution < 1.29 is 0 Å². The molecule has 0 spiro atoms. The summed E-state index contributed by atoms with van der Waals surface area (Å²) in [5, 5.41) is 2.95. The SMILES string of the molecule is CNc1cnc(CSc2ccccc2Br)cn1. The number of hydrogen-bond acceptors (Lipinski definition) is 4. The van der Waals surface area contributed by atoms with E-state index in [1.807, 2.05) is 25.2 Å². The molecule has 2 aromatic rings. The molecule has 0 unspecified atom stereocenters. The third-order valence-corrected chi connectivity index (χ3v) is 4.23. The summed E-state index contributed by atoms with van der Waals surface area (Å²) in [4.78, 5) is 9.78. The molecular formula is C12H12BrN3S. The van der Waals surface area contributed by atoms with Crippen LogP contribution in [0.4, 0.5) is 5.82 Å². The fourth-order valence-corrected chi connectivity index (χ4v) is 2.73. The van der Waals surface area contributed by atoms with Gasteiger partial charge in [0.25, 0.3) is 0 Å². The van der Waals surface area contributed by atoms with Crippen molar-refractivity contribution >= 4 is 33.5 Å². The molecule has 0 saturated carbocycles. The number of thioether (sulfide) groups is 1. The summed E-state index contributed by atoms with van der Waals surface area (Å²) in [5.74, 6) is 1.61. The van der Waals surface area contributed by atoms with E-state index < -0.39 is 0 Å². The molecule has 0 aliphatic carbocycles. The first kappa shape index (κ1) is 12.4. The standard InChI is InChI=1S/C12H12BrN3S/c1-14-12-7-15-9(6-16-12)8-17-11-5-3-2-4-10(11)13/h2-7H,8H2,1H3,(H,14,16). The highest BCUT2D eigenvalue weighted by molar-refractivity contribution is 9.10. The van der Waals surface area contributed by atoms with Gasteiger partial charge in [0.05, 0.1) is 18.1 Å². The van der Waals surface area contributed by atoms with Gasteiger partial charge in [-0.15, -0.1) is 11.8 Å². The zero-order valence-corrected chi connectivity index (χ0v) is 11.8. The van der Waals surface area contributed by atoms with Crippen molar-refractivity contribution in [2.75, 3.05) is 12.4 Å². The number of nitrogens with one attached hydrogen (secondary N) is 1. The van der Waals surface area contributed by atoms with Gasteiger partial charge in [0.2, 0.25) is 0 Å². The summed E-state index contributed by atoms with van der Waals surface area (Å²) in [6, 6.07) is 8.17. The summed E-state index contributed by atoms with van der Waals surface area (Å²) >= 11 is 5.27. The molecular weight excluding hydrogens is 298 g/mol. The topological polar surface area (TPSA) is 37.8 Å². The number of benzene rings is 1. The Kier molecular flexibility index (Phi) is 4.39. The first-order chi connectivity index (χ1) is 8.29. The van der Waals surface area contributed by atoms with E-state index in [9.17, 15) is 0 Å². The third-order valence-electron chi connectivity index (χ3n) is 2.17. The second kappa shape index (κ2) is 6.02. The zero-order valence-electron chi connectivity index (χ0n) is 9.35. The van der Waals surface area contributed by atoms with E-state index in [4.69, 9.17) is 0 Å². The van der Waals surface area contributed by atoms with Crippen molar-refractivity contribution in [3.63, 3.8) is 0 Å². The second-order valence-electron chi connectivity index (χ2n) is 3.36. The van der Waals surface area contributed by atoms with Crippen molar-refractivity contribution in [3.8, 4) is 0 Å². The van der Waals surface area contributed by atoms with Crippen LogP contribution in [0.3, 0.4) is 0 Å². The third kappa shape index (κ3) is 3.44. The lowest BCUT2D eigenvalue weighted by Gasteiger charge is -2.04. The second-order valence-corrected chi connectivity index (χ2v) is 5.23. The fourth-order valence-electron chi connectivity index (χ4n) is 1.27. The first-order valence-corrected chi connectivity index (χ1v) is 6.93. The van der Waals surface area contributed by atoms with Crippen molar-refractivity contribution in [1.29, 1.82) is 0 Å². The van der Waals surface area contributed by atoms with Crippen LogP contribution < -0.4 is 5.32 Å². The van der Waals surface area contributed by atoms with Crippen molar-refractivity contribution in [2.24, 2.45) is 0 Å². The molecule has 1 N–H and O–H groups in total. The number of halogens is 1. The predicted molar refractivity (Wildman–Crippen MR) is 75.3 cm³/mol. The molecule has 88 valence electrons. The van der Waals surface area contributed by atoms with Crippen LogP contribution in [0.15, 0.2) is 46.0 Å². The molecule has 1 aromatic heterocycles. The lowest BCUT2D eigenvalue weighted by Crippen LogP contribution is -1.95. The van der Waals surface area contributed by atoms with Gasteiger partial charge in [-0.1, -0.05) is 12.1 Å². The van der Waals surface area contributed by atoms with Crippen LogP contribution in [-0.4, -0.2) is 17.0 Å². The molecule has 1 aromatic carbocycles. The Labute approximate surface area is 113 Å². The molecule has 0 aliphatic heterocycles. The van der Waals surface area contributed by atoms with E-state index in [0.717, 1.165) is 21.7 Å². The molecule has 0 amide bonds. The van der Waals surface area contributed by atoms with E-state index in [2.05, 4.69) is 37.3 Å². The van der Waals surface area contributed by atoms with Gasteiger partial charge in [-0.3, -0.25) is 4.98 Å². The molecule has 0 radical (unpaired) electrons. The maximum absolute atomic E-state index is 4.33. The Bertz CT molecular complexity index is 487. The molecule has 17 heavy (non-hydrogen) atoms. The predicted octanol–water partition coefficient (Wildman–Crippen LogP) is 3.57. The highest BCUT2D eigenvalue weighted by Crippen LogP contribution is 2.29. The molecule has 0 saturated heterocycles. The zero-order chi connectivity index (χ0) is 12.1. The maximum Gasteiger partial charge on any atom is 0.144 e. The van der Waals surface area contributed by atoms with Crippen LogP contribution in [0, 0.1) is 0 Å². The molecule has 5 heteroatoms. The Morgan fingerprint density at radius 3 is 2.71 bits per heavy atom. The Balaban J connectivity index is 2.00. The minimum absolute atomic E-state index is 0.791. The highest BCUT2D eigenvalue weighted by Gasteiger charge is 2.01. The van der Waals surface area contributed by atoms with E-state index in [-0.39, 0.29) is 0 Å². The Morgan fingerprint density at radius 1 is 1.24 bits per heavy atom. The van der Waals surface area contributed by atoms with Crippen LogP contribution in [0.2, 0.25) is 0 Å². The highest BCUT2D eigenvalue weighted by atomic mass is 79.9. The van der Waals surface area contributed by atoms with E-state index in [1.54, 1.807) is 24.2 Å².